The van der Waals surface area contributed by atoms with E-state index >= 15 is 0 Å². The van der Waals surface area contributed by atoms with Crippen LogP contribution in [0, 0.1) is 6.92 Å². The second-order valence-corrected chi connectivity index (χ2v) is 8.67. The number of halogens is 1. The highest BCUT2D eigenvalue weighted by molar-refractivity contribution is 7.88. The first-order chi connectivity index (χ1) is 12.2. The topological polar surface area (TPSA) is 66.5 Å². The van der Waals surface area contributed by atoms with Crippen LogP contribution in [0.25, 0.3) is 0 Å². The normalized spacial score (nSPS) is 11.5. The summed E-state index contributed by atoms with van der Waals surface area (Å²) in [7, 11) is -3.50. The molecular weight excluding hydrogens is 372 g/mol. The van der Waals surface area contributed by atoms with E-state index in [0.29, 0.717) is 18.0 Å². The van der Waals surface area contributed by atoms with Crippen LogP contribution in [0.5, 0.6) is 0 Å². The van der Waals surface area contributed by atoms with Gasteiger partial charge in [-0.15, -0.1) is 0 Å². The summed E-state index contributed by atoms with van der Waals surface area (Å²) in [5.41, 5.74) is 2.95. The molecule has 0 spiro atoms. The number of hydrogen-bond donors (Lipinski definition) is 1. The number of aryl methyl sites for hydroxylation is 1. The molecule has 0 saturated heterocycles. The highest BCUT2D eigenvalue weighted by Gasteiger charge is 2.20. The van der Waals surface area contributed by atoms with E-state index in [1.807, 2.05) is 49.4 Å². The van der Waals surface area contributed by atoms with Crippen LogP contribution in [-0.4, -0.2) is 38.0 Å². The summed E-state index contributed by atoms with van der Waals surface area (Å²) < 4.78 is 25.2. The third kappa shape index (κ3) is 6.78. The fraction of sp³-hybridized carbons (Fsp3) is 0.316. The average molecular weight is 395 g/mol. The monoisotopic (exact) mass is 394 g/mol. The average Bonchev–Trinajstić information content (AvgIpc) is 2.55. The van der Waals surface area contributed by atoms with Crippen LogP contribution < -0.4 is 5.32 Å². The molecule has 0 unspecified atom stereocenters. The Hall–Kier alpha value is -1.89. The predicted octanol–water partition coefficient (Wildman–Crippen LogP) is 2.77. The molecule has 2 rings (SSSR count). The fourth-order valence-corrected chi connectivity index (χ4v) is 3.39. The quantitative estimate of drug-likeness (QED) is 0.748. The molecule has 0 atom stereocenters. The lowest BCUT2D eigenvalue weighted by Crippen LogP contribution is -2.40. The van der Waals surface area contributed by atoms with Crippen LogP contribution in [0.2, 0.25) is 5.02 Å². The third-order valence-corrected chi connectivity index (χ3v) is 5.32. The molecule has 2 aromatic carbocycles. The van der Waals surface area contributed by atoms with Gasteiger partial charge in [0.05, 0.1) is 12.8 Å². The zero-order valence-electron chi connectivity index (χ0n) is 14.9. The Balaban J connectivity index is 1.90. The highest BCUT2D eigenvalue weighted by atomic mass is 35.5. The Kier molecular flexibility index (Phi) is 7.20. The lowest BCUT2D eigenvalue weighted by atomic mass is 10.1. The largest absolute Gasteiger partial charge is 0.355 e. The molecule has 2 aromatic rings. The van der Waals surface area contributed by atoms with Gasteiger partial charge in [0.1, 0.15) is 0 Å². The lowest BCUT2D eigenvalue weighted by molar-refractivity contribution is -0.121. The van der Waals surface area contributed by atoms with Gasteiger partial charge in [-0.2, -0.15) is 4.31 Å². The molecular formula is C19H23ClN2O3S. The second-order valence-electron chi connectivity index (χ2n) is 6.25. The van der Waals surface area contributed by atoms with Crippen LogP contribution in [-0.2, 0) is 27.8 Å². The number of nitrogens with zero attached hydrogens (tertiary/aromatic N) is 1. The van der Waals surface area contributed by atoms with Crippen molar-refractivity contribution in [1.82, 2.24) is 9.62 Å². The number of amides is 1. The van der Waals surface area contributed by atoms with E-state index in [0.717, 1.165) is 22.9 Å². The lowest BCUT2D eigenvalue weighted by Gasteiger charge is -2.19. The predicted molar refractivity (Wildman–Crippen MR) is 105 cm³/mol. The SMILES string of the molecule is Cc1ccc(CN(CC(=O)NCCc2cccc(Cl)c2)S(C)(=O)=O)cc1. The van der Waals surface area contributed by atoms with Crippen molar-refractivity contribution in [2.45, 2.75) is 19.9 Å². The molecule has 0 saturated carbocycles. The van der Waals surface area contributed by atoms with Crippen molar-refractivity contribution in [2.75, 3.05) is 19.3 Å². The van der Waals surface area contributed by atoms with Gasteiger partial charge in [-0.3, -0.25) is 4.79 Å². The molecule has 0 aromatic heterocycles. The summed E-state index contributed by atoms with van der Waals surface area (Å²) in [4.78, 5) is 12.2. The van der Waals surface area contributed by atoms with Gasteiger partial charge < -0.3 is 5.32 Å². The van der Waals surface area contributed by atoms with Crippen LogP contribution in [0.1, 0.15) is 16.7 Å². The minimum Gasteiger partial charge on any atom is -0.355 e. The summed E-state index contributed by atoms with van der Waals surface area (Å²) in [6.45, 7) is 2.34. The number of carbonyl (C=O) groups excluding carboxylic acids is 1. The minimum absolute atomic E-state index is 0.167. The molecule has 1 amide bonds. The highest BCUT2D eigenvalue weighted by Crippen LogP contribution is 2.11. The zero-order valence-corrected chi connectivity index (χ0v) is 16.5. The number of benzene rings is 2. The van der Waals surface area contributed by atoms with Gasteiger partial charge >= 0.3 is 0 Å². The van der Waals surface area contributed by atoms with Gasteiger partial charge in [0.2, 0.25) is 15.9 Å². The molecule has 0 radical (unpaired) electrons. The molecule has 0 aliphatic carbocycles. The Morgan fingerprint density at radius 1 is 1.12 bits per heavy atom. The van der Waals surface area contributed by atoms with E-state index in [2.05, 4.69) is 5.32 Å². The van der Waals surface area contributed by atoms with Crippen molar-refractivity contribution in [3.63, 3.8) is 0 Å². The standard InChI is InChI=1S/C19H23ClN2O3S/c1-15-6-8-17(9-7-15)13-22(26(2,24)25)14-19(23)21-11-10-16-4-3-5-18(20)12-16/h3-9,12H,10-11,13-14H2,1-2H3,(H,21,23). The van der Waals surface area contributed by atoms with E-state index in [-0.39, 0.29) is 19.0 Å². The van der Waals surface area contributed by atoms with Gasteiger partial charge in [-0.05, 0) is 36.6 Å². The molecule has 140 valence electrons. The van der Waals surface area contributed by atoms with Crippen LogP contribution in [0.15, 0.2) is 48.5 Å². The van der Waals surface area contributed by atoms with Gasteiger partial charge in [0, 0.05) is 18.1 Å². The summed E-state index contributed by atoms with van der Waals surface area (Å²) in [6.07, 6.45) is 1.74. The Morgan fingerprint density at radius 2 is 1.81 bits per heavy atom. The number of rotatable bonds is 8. The summed E-state index contributed by atoms with van der Waals surface area (Å²) in [5.74, 6) is -0.329. The van der Waals surface area contributed by atoms with Crippen molar-refractivity contribution in [3.8, 4) is 0 Å². The maximum Gasteiger partial charge on any atom is 0.235 e. The van der Waals surface area contributed by atoms with Crippen LogP contribution in [0.4, 0.5) is 0 Å². The van der Waals surface area contributed by atoms with Gasteiger partial charge in [-0.1, -0.05) is 53.6 Å². The van der Waals surface area contributed by atoms with E-state index in [1.165, 1.54) is 4.31 Å². The molecule has 0 aliphatic rings. The van der Waals surface area contributed by atoms with Crippen LogP contribution >= 0.6 is 11.6 Å². The van der Waals surface area contributed by atoms with E-state index < -0.39 is 10.0 Å². The first-order valence-corrected chi connectivity index (χ1v) is 10.5. The molecule has 0 heterocycles. The molecule has 5 nitrogen and oxygen atoms in total. The molecule has 0 aliphatic heterocycles. The number of sulfonamides is 1. The van der Waals surface area contributed by atoms with Crippen molar-refractivity contribution in [1.29, 1.82) is 0 Å². The van der Waals surface area contributed by atoms with E-state index in [4.69, 9.17) is 11.6 Å². The third-order valence-electron chi connectivity index (χ3n) is 3.89. The molecule has 7 heteroatoms. The Morgan fingerprint density at radius 3 is 2.42 bits per heavy atom. The number of hydrogen-bond acceptors (Lipinski definition) is 3. The van der Waals surface area contributed by atoms with Gasteiger partial charge in [-0.25, -0.2) is 8.42 Å². The molecule has 0 bridgehead atoms. The van der Waals surface area contributed by atoms with Gasteiger partial charge in [0.15, 0.2) is 0 Å². The number of carbonyl (C=O) groups is 1. The van der Waals surface area contributed by atoms with E-state index in [1.54, 1.807) is 6.07 Å². The summed E-state index contributed by atoms with van der Waals surface area (Å²) in [5, 5.41) is 3.41. The van der Waals surface area contributed by atoms with E-state index in [9.17, 15) is 13.2 Å². The molecule has 0 fully saturated rings. The van der Waals surface area contributed by atoms with Gasteiger partial charge in [0.25, 0.3) is 0 Å². The zero-order chi connectivity index (χ0) is 19.2. The smallest absolute Gasteiger partial charge is 0.235 e. The van der Waals surface area contributed by atoms with Crippen molar-refractivity contribution >= 4 is 27.5 Å². The molecule has 1 N–H and O–H groups in total. The first-order valence-electron chi connectivity index (χ1n) is 8.26. The fourth-order valence-electron chi connectivity index (χ4n) is 2.44. The minimum atomic E-state index is -3.50. The van der Waals surface area contributed by atoms with Crippen LogP contribution in [0.3, 0.4) is 0 Å². The molecule has 26 heavy (non-hydrogen) atoms. The van der Waals surface area contributed by atoms with Crippen molar-refractivity contribution < 1.29 is 13.2 Å². The Labute approximate surface area is 160 Å². The maximum absolute atomic E-state index is 12.2. The summed E-state index contributed by atoms with van der Waals surface area (Å²) in [6, 6.07) is 15.0. The maximum atomic E-state index is 12.2. The summed E-state index contributed by atoms with van der Waals surface area (Å²) >= 11 is 5.93. The first kappa shape index (κ1) is 20.4. The number of nitrogens with one attached hydrogen (secondary N) is 1. The van der Waals surface area contributed by atoms with Crippen molar-refractivity contribution in [3.05, 3.63) is 70.2 Å². The second kappa shape index (κ2) is 9.16. The Bertz CT molecular complexity index is 851. The van der Waals surface area contributed by atoms with Crippen molar-refractivity contribution in [2.24, 2.45) is 0 Å².